The third-order valence-electron chi connectivity index (χ3n) is 4.60. The fraction of sp³-hybridized carbons (Fsp3) is 0.529. The standard InChI is InChI=1S/C17H22N4O4/c22-14(9-23-15-3-4-16-17(6-15)25-12-24-16)8-20-5-1-2-13(20)7-21-11-18-10-19-21/h3-4,6,10-11,13-14,22H,1-2,5,7-9,12H2/t13-,14+/m0/s1. The molecule has 0 aliphatic carbocycles. The van der Waals surface area contributed by atoms with Gasteiger partial charge in [0, 0.05) is 18.7 Å². The van der Waals surface area contributed by atoms with Crippen LogP contribution < -0.4 is 14.2 Å². The Morgan fingerprint density at radius 3 is 3.12 bits per heavy atom. The lowest BCUT2D eigenvalue weighted by atomic mass is 10.2. The average molecular weight is 346 g/mol. The van der Waals surface area contributed by atoms with Crippen LogP contribution in [0.2, 0.25) is 0 Å². The molecule has 134 valence electrons. The van der Waals surface area contributed by atoms with E-state index in [-0.39, 0.29) is 13.4 Å². The van der Waals surface area contributed by atoms with E-state index in [0.29, 0.717) is 24.1 Å². The summed E-state index contributed by atoms with van der Waals surface area (Å²) >= 11 is 0. The number of hydrogen-bond donors (Lipinski definition) is 1. The molecule has 2 aliphatic rings. The Balaban J connectivity index is 1.27. The Labute approximate surface area is 145 Å². The number of fused-ring (bicyclic) bond motifs is 1. The molecule has 0 radical (unpaired) electrons. The van der Waals surface area contributed by atoms with Gasteiger partial charge in [-0.2, -0.15) is 5.10 Å². The molecule has 1 fully saturated rings. The first kappa shape index (κ1) is 16.2. The second kappa shape index (κ2) is 7.28. The molecule has 2 aromatic rings. The van der Waals surface area contributed by atoms with Crippen molar-refractivity contribution in [3.05, 3.63) is 30.9 Å². The zero-order valence-corrected chi connectivity index (χ0v) is 14.0. The smallest absolute Gasteiger partial charge is 0.231 e. The van der Waals surface area contributed by atoms with E-state index in [1.54, 1.807) is 18.7 Å². The Kier molecular flexibility index (Phi) is 4.71. The first-order valence-electron chi connectivity index (χ1n) is 8.55. The van der Waals surface area contributed by atoms with Crippen LogP contribution in [-0.4, -0.2) is 63.4 Å². The topological polar surface area (TPSA) is 81.9 Å². The van der Waals surface area contributed by atoms with Crippen LogP contribution in [0, 0.1) is 0 Å². The minimum absolute atomic E-state index is 0.240. The average Bonchev–Trinajstić information content (AvgIpc) is 3.35. The Morgan fingerprint density at radius 1 is 1.32 bits per heavy atom. The van der Waals surface area contributed by atoms with E-state index in [9.17, 15) is 5.11 Å². The highest BCUT2D eigenvalue weighted by atomic mass is 16.7. The fourth-order valence-corrected chi connectivity index (χ4v) is 3.37. The molecule has 0 unspecified atom stereocenters. The molecule has 8 heteroatoms. The predicted octanol–water partition coefficient (Wildman–Crippen LogP) is 0.911. The van der Waals surface area contributed by atoms with Gasteiger partial charge in [-0.1, -0.05) is 0 Å². The van der Waals surface area contributed by atoms with E-state index in [0.717, 1.165) is 31.7 Å². The SMILES string of the molecule is O[C@@H](COc1ccc2c(c1)OCO2)CN1CCC[C@H]1Cn1cncn1. The molecular weight excluding hydrogens is 324 g/mol. The van der Waals surface area contributed by atoms with Crippen molar-refractivity contribution in [2.24, 2.45) is 0 Å². The van der Waals surface area contributed by atoms with E-state index < -0.39 is 6.10 Å². The summed E-state index contributed by atoms with van der Waals surface area (Å²) in [6, 6.07) is 5.81. The number of ether oxygens (including phenoxy) is 3. The normalized spacial score (nSPS) is 20.8. The van der Waals surface area contributed by atoms with Crippen molar-refractivity contribution < 1.29 is 19.3 Å². The van der Waals surface area contributed by atoms with Gasteiger partial charge in [-0.3, -0.25) is 9.58 Å². The predicted molar refractivity (Wildman–Crippen MR) is 88.7 cm³/mol. The van der Waals surface area contributed by atoms with Crippen molar-refractivity contribution in [2.75, 3.05) is 26.5 Å². The molecule has 1 saturated heterocycles. The molecule has 8 nitrogen and oxygen atoms in total. The van der Waals surface area contributed by atoms with Gasteiger partial charge in [-0.05, 0) is 31.5 Å². The van der Waals surface area contributed by atoms with Crippen molar-refractivity contribution in [1.29, 1.82) is 0 Å². The third kappa shape index (κ3) is 3.85. The van der Waals surface area contributed by atoms with Crippen LogP contribution in [0.25, 0.3) is 0 Å². The molecule has 1 aromatic carbocycles. The summed E-state index contributed by atoms with van der Waals surface area (Å²) in [7, 11) is 0. The van der Waals surface area contributed by atoms with Gasteiger partial charge in [-0.15, -0.1) is 0 Å². The highest BCUT2D eigenvalue weighted by molar-refractivity contribution is 5.46. The van der Waals surface area contributed by atoms with Gasteiger partial charge in [0.2, 0.25) is 6.79 Å². The van der Waals surface area contributed by atoms with Gasteiger partial charge < -0.3 is 19.3 Å². The van der Waals surface area contributed by atoms with Crippen molar-refractivity contribution >= 4 is 0 Å². The molecule has 3 heterocycles. The lowest BCUT2D eigenvalue weighted by Gasteiger charge is -2.26. The van der Waals surface area contributed by atoms with Gasteiger partial charge in [0.05, 0.1) is 6.54 Å². The minimum Gasteiger partial charge on any atom is -0.491 e. The minimum atomic E-state index is -0.554. The Hall–Kier alpha value is -2.32. The van der Waals surface area contributed by atoms with Crippen LogP contribution in [0.15, 0.2) is 30.9 Å². The maximum atomic E-state index is 10.4. The largest absolute Gasteiger partial charge is 0.491 e. The van der Waals surface area contributed by atoms with Gasteiger partial charge in [0.15, 0.2) is 11.5 Å². The second-order valence-electron chi connectivity index (χ2n) is 6.39. The van der Waals surface area contributed by atoms with Crippen molar-refractivity contribution in [3.63, 3.8) is 0 Å². The monoisotopic (exact) mass is 346 g/mol. The van der Waals surface area contributed by atoms with Gasteiger partial charge >= 0.3 is 0 Å². The van der Waals surface area contributed by atoms with E-state index in [4.69, 9.17) is 14.2 Å². The Morgan fingerprint density at radius 2 is 2.24 bits per heavy atom. The van der Waals surface area contributed by atoms with Crippen LogP contribution in [0.1, 0.15) is 12.8 Å². The van der Waals surface area contributed by atoms with E-state index >= 15 is 0 Å². The van der Waals surface area contributed by atoms with E-state index in [2.05, 4.69) is 15.0 Å². The third-order valence-corrected chi connectivity index (χ3v) is 4.60. The van der Waals surface area contributed by atoms with Crippen molar-refractivity contribution in [1.82, 2.24) is 19.7 Å². The summed E-state index contributed by atoms with van der Waals surface area (Å²) in [6.07, 6.45) is 4.97. The first-order valence-corrected chi connectivity index (χ1v) is 8.55. The Bertz CT molecular complexity index is 694. The molecule has 2 atom stereocenters. The molecule has 2 aliphatic heterocycles. The lowest BCUT2D eigenvalue weighted by molar-refractivity contribution is 0.0609. The number of likely N-dealkylation sites (tertiary alicyclic amines) is 1. The number of β-amino-alcohol motifs (C(OH)–C–C–N with tert-alkyl or cyclic N) is 1. The summed E-state index contributed by atoms with van der Waals surface area (Å²) in [5, 5.41) is 14.5. The number of aliphatic hydroxyl groups excluding tert-OH is 1. The van der Waals surface area contributed by atoms with Crippen molar-refractivity contribution in [2.45, 2.75) is 31.5 Å². The molecular formula is C17H22N4O4. The maximum Gasteiger partial charge on any atom is 0.231 e. The van der Waals surface area contributed by atoms with Crippen LogP contribution in [0.3, 0.4) is 0 Å². The van der Waals surface area contributed by atoms with Crippen molar-refractivity contribution in [3.8, 4) is 17.2 Å². The quantitative estimate of drug-likeness (QED) is 0.798. The summed E-state index contributed by atoms with van der Waals surface area (Å²) in [5.74, 6) is 2.07. The molecule has 1 N–H and O–H groups in total. The number of nitrogens with zero attached hydrogens (tertiary/aromatic N) is 4. The van der Waals surface area contributed by atoms with Crippen LogP contribution >= 0.6 is 0 Å². The number of rotatable bonds is 7. The number of aliphatic hydroxyl groups is 1. The molecule has 4 rings (SSSR count). The summed E-state index contributed by atoms with van der Waals surface area (Å²) in [4.78, 5) is 6.28. The first-order chi connectivity index (χ1) is 12.3. The summed E-state index contributed by atoms with van der Waals surface area (Å²) in [6.45, 7) is 2.86. The van der Waals surface area contributed by atoms with Crippen LogP contribution in [-0.2, 0) is 6.54 Å². The second-order valence-corrected chi connectivity index (χ2v) is 6.39. The zero-order valence-electron chi connectivity index (χ0n) is 14.0. The molecule has 0 saturated carbocycles. The van der Waals surface area contributed by atoms with Crippen LogP contribution in [0.5, 0.6) is 17.2 Å². The van der Waals surface area contributed by atoms with Gasteiger partial charge in [0.1, 0.15) is 31.1 Å². The van der Waals surface area contributed by atoms with E-state index in [1.807, 2.05) is 16.8 Å². The molecule has 0 spiro atoms. The maximum absolute atomic E-state index is 10.4. The van der Waals surface area contributed by atoms with E-state index in [1.165, 1.54) is 0 Å². The fourth-order valence-electron chi connectivity index (χ4n) is 3.37. The number of hydrogen-bond acceptors (Lipinski definition) is 7. The summed E-state index contributed by atoms with van der Waals surface area (Å²) in [5.41, 5.74) is 0. The van der Waals surface area contributed by atoms with Gasteiger partial charge in [-0.25, -0.2) is 4.98 Å². The lowest BCUT2D eigenvalue weighted by Crippen LogP contribution is -2.40. The number of aromatic nitrogens is 3. The zero-order chi connectivity index (χ0) is 17.1. The summed E-state index contributed by atoms with van der Waals surface area (Å²) < 4.78 is 18.2. The van der Waals surface area contributed by atoms with Gasteiger partial charge in [0.25, 0.3) is 0 Å². The highest BCUT2D eigenvalue weighted by Gasteiger charge is 2.27. The number of benzene rings is 1. The molecule has 25 heavy (non-hydrogen) atoms. The molecule has 0 amide bonds. The van der Waals surface area contributed by atoms with Crippen LogP contribution in [0.4, 0.5) is 0 Å². The molecule has 1 aromatic heterocycles. The highest BCUT2D eigenvalue weighted by Crippen LogP contribution is 2.35. The molecule has 0 bridgehead atoms.